The van der Waals surface area contributed by atoms with Crippen molar-refractivity contribution in [2.24, 2.45) is 0 Å². The van der Waals surface area contributed by atoms with E-state index in [0.29, 0.717) is 31.0 Å². The molecule has 2 unspecified atom stereocenters. The number of ether oxygens (including phenoxy) is 1. The normalized spacial score (nSPS) is 21.7. The number of piperazine rings is 1. The number of benzene rings is 3. The molecule has 3 aromatic carbocycles. The number of amides is 2. The number of nitrogens with zero attached hydrogens (tertiary/aromatic N) is 3. The van der Waals surface area contributed by atoms with E-state index in [1.165, 1.54) is 22.4 Å². The van der Waals surface area contributed by atoms with Gasteiger partial charge in [-0.05, 0) is 86.6 Å². The predicted molar refractivity (Wildman–Crippen MR) is 167 cm³/mol. The molecule has 42 heavy (non-hydrogen) atoms. The second-order valence-corrected chi connectivity index (χ2v) is 12.1. The summed E-state index contributed by atoms with van der Waals surface area (Å²) in [5, 5.41) is 0. The predicted octanol–water partition coefficient (Wildman–Crippen LogP) is 6.29. The molecule has 0 aromatic heterocycles. The van der Waals surface area contributed by atoms with E-state index in [4.69, 9.17) is 4.74 Å². The van der Waals surface area contributed by atoms with Crippen molar-refractivity contribution in [2.45, 2.75) is 65.1 Å². The number of carbonyl (C=O) groups is 2. The van der Waals surface area contributed by atoms with Gasteiger partial charge in [-0.2, -0.15) is 0 Å². The summed E-state index contributed by atoms with van der Waals surface area (Å²) in [6.45, 7) is 9.96. The van der Waals surface area contributed by atoms with E-state index in [1.807, 2.05) is 40.1 Å². The summed E-state index contributed by atoms with van der Waals surface area (Å²) >= 11 is 0. The standard InChI is InChI=1S/C36H41N3O3/c1-25-9-12-29(13-10-25)24-39-31-6-4-5-7-33(31)42-34(36(39)41)23-28-14-16-30(17-15-28)35(40)38-20-18-37(19-21-38)32-22-26(2)8-11-27(32)3/h8-17,22-23,31,33H,4-7,18-21,24H2,1-3H3/b34-23+. The summed E-state index contributed by atoms with van der Waals surface area (Å²) in [4.78, 5) is 33.3. The molecule has 2 saturated heterocycles. The molecule has 1 saturated carbocycles. The van der Waals surface area contributed by atoms with E-state index < -0.39 is 0 Å². The third-order valence-corrected chi connectivity index (χ3v) is 9.02. The Morgan fingerprint density at radius 3 is 2.29 bits per heavy atom. The molecule has 2 heterocycles. The lowest BCUT2D eigenvalue weighted by atomic mass is 9.89. The van der Waals surface area contributed by atoms with Crippen LogP contribution >= 0.6 is 0 Å². The van der Waals surface area contributed by atoms with E-state index in [9.17, 15) is 9.59 Å². The molecular formula is C36H41N3O3. The van der Waals surface area contributed by atoms with E-state index in [-0.39, 0.29) is 24.0 Å². The van der Waals surface area contributed by atoms with E-state index in [0.717, 1.165) is 49.9 Å². The van der Waals surface area contributed by atoms with Crippen LogP contribution in [-0.2, 0) is 16.1 Å². The smallest absolute Gasteiger partial charge is 0.289 e. The SMILES string of the molecule is Cc1ccc(CN2C(=O)/C(=C\c3ccc(C(=O)N4CCN(c5cc(C)ccc5C)CC4)cc3)OC3CCCCC32)cc1. The minimum atomic E-state index is -0.0550. The molecule has 2 atom stereocenters. The van der Waals surface area contributed by atoms with Crippen molar-refractivity contribution in [2.75, 3.05) is 31.1 Å². The topological polar surface area (TPSA) is 53.1 Å². The van der Waals surface area contributed by atoms with E-state index in [1.54, 1.807) is 0 Å². The minimum absolute atomic E-state index is 0.0243. The number of fused-ring (bicyclic) bond motifs is 1. The minimum Gasteiger partial charge on any atom is -0.482 e. The quantitative estimate of drug-likeness (QED) is 0.343. The monoisotopic (exact) mass is 563 g/mol. The Morgan fingerprint density at radius 1 is 0.857 bits per heavy atom. The summed E-state index contributed by atoms with van der Waals surface area (Å²) in [6, 6.07) is 22.6. The summed E-state index contributed by atoms with van der Waals surface area (Å²) in [5.41, 5.74) is 7.66. The Hall–Kier alpha value is -4.06. The Bertz CT molecular complexity index is 1470. The molecule has 0 radical (unpaired) electrons. The fraction of sp³-hybridized carbons (Fsp3) is 0.389. The van der Waals surface area contributed by atoms with Crippen molar-refractivity contribution in [1.82, 2.24) is 9.80 Å². The highest BCUT2D eigenvalue weighted by Gasteiger charge is 2.41. The molecule has 3 aliphatic rings. The van der Waals surface area contributed by atoms with Gasteiger partial charge >= 0.3 is 0 Å². The van der Waals surface area contributed by atoms with Gasteiger partial charge in [0.15, 0.2) is 5.76 Å². The van der Waals surface area contributed by atoms with Gasteiger partial charge in [0.1, 0.15) is 6.10 Å². The fourth-order valence-corrected chi connectivity index (χ4v) is 6.52. The second kappa shape index (κ2) is 12.0. The molecule has 0 N–H and O–H groups in total. The van der Waals surface area contributed by atoms with Gasteiger partial charge in [-0.3, -0.25) is 9.59 Å². The van der Waals surface area contributed by atoms with Crippen molar-refractivity contribution in [3.63, 3.8) is 0 Å². The van der Waals surface area contributed by atoms with Crippen molar-refractivity contribution in [3.8, 4) is 0 Å². The summed E-state index contributed by atoms with van der Waals surface area (Å²) in [7, 11) is 0. The lowest BCUT2D eigenvalue weighted by molar-refractivity contribution is -0.149. The molecule has 0 bridgehead atoms. The molecular weight excluding hydrogens is 522 g/mol. The largest absolute Gasteiger partial charge is 0.482 e. The Kier molecular flexibility index (Phi) is 8.05. The lowest BCUT2D eigenvalue weighted by Gasteiger charge is -2.44. The van der Waals surface area contributed by atoms with Gasteiger partial charge in [0.25, 0.3) is 11.8 Å². The molecule has 3 fully saturated rings. The number of carbonyl (C=O) groups excluding carboxylic acids is 2. The van der Waals surface area contributed by atoms with Crippen LogP contribution in [0, 0.1) is 20.8 Å². The van der Waals surface area contributed by atoms with Crippen molar-refractivity contribution < 1.29 is 14.3 Å². The highest BCUT2D eigenvalue weighted by Crippen LogP contribution is 2.34. The van der Waals surface area contributed by atoms with E-state index >= 15 is 0 Å². The first-order valence-corrected chi connectivity index (χ1v) is 15.3. The molecule has 2 aliphatic heterocycles. The second-order valence-electron chi connectivity index (χ2n) is 12.1. The molecule has 3 aromatic rings. The van der Waals surface area contributed by atoms with Crippen LogP contribution in [0.3, 0.4) is 0 Å². The van der Waals surface area contributed by atoms with Gasteiger partial charge < -0.3 is 19.4 Å². The first-order valence-electron chi connectivity index (χ1n) is 15.3. The van der Waals surface area contributed by atoms with Gasteiger partial charge in [0.05, 0.1) is 6.04 Å². The van der Waals surface area contributed by atoms with Gasteiger partial charge in [-0.15, -0.1) is 0 Å². The van der Waals surface area contributed by atoms with Gasteiger partial charge in [0, 0.05) is 44.0 Å². The zero-order valence-electron chi connectivity index (χ0n) is 25.0. The highest BCUT2D eigenvalue weighted by molar-refractivity contribution is 5.97. The Morgan fingerprint density at radius 2 is 1.55 bits per heavy atom. The first kappa shape index (κ1) is 28.1. The Balaban J connectivity index is 1.13. The maximum Gasteiger partial charge on any atom is 0.289 e. The molecule has 0 spiro atoms. The van der Waals surface area contributed by atoms with Crippen molar-refractivity contribution >= 4 is 23.6 Å². The number of hydrogen-bond donors (Lipinski definition) is 0. The number of hydrogen-bond acceptors (Lipinski definition) is 4. The molecule has 1 aliphatic carbocycles. The number of aryl methyl sites for hydroxylation is 3. The average molecular weight is 564 g/mol. The summed E-state index contributed by atoms with van der Waals surface area (Å²) in [5.74, 6) is 0.390. The van der Waals surface area contributed by atoms with E-state index in [2.05, 4.69) is 68.1 Å². The van der Waals surface area contributed by atoms with Crippen molar-refractivity contribution in [1.29, 1.82) is 0 Å². The highest BCUT2D eigenvalue weighted by atomic mass is 16.5. The molecule has 2 amide bonds. The van der Waals surface area contributed by atoms with Crippen LogP contribution in [-0.4, -0.2) is 59.9 Å². The van der Waals surface area contributed by atoms with Crippen LogP contribution in [0.25, 0.3) is 6.08 Å². The van der Waals surface area contributed by atoms with Crippen molar-refractivity contribution in [3.05, 3.63) is 106 Å². The maximum absolute atomic E-state index is 13.7. The molecule has 6 rings (SSSR count). The maximum atomic E-state index is 13.7. The number of morpholine rings is 1. The van der Waals surface area contributed by atoms with Gasteiger partial charge in [0.2, 0.25) is 0 Å². The molecule has 6 nitrogen and oxygen atoms in total. The van der Waals surface area contributed by atoms with Crippen LogP contribution in [0.2, 0.25) is 0 Å². The van der Waals surface area contributed by atoms with Gasteiger partial charge in [-0.1, -0.05) is 60.5 Å². The lowest BCUT2D eigenvalue weighted by Crippen LogP contribution is -2.54. The zero-order valence-corrected chi connectivity index (χ0v) is 25.0. The van der Waals surface area contributed by atoms with Crippen LogP contribution in [0.4, 0.5) is 5.69 Å². The average Bonchev–Trinajstić information content (AvgIpc) is 3.01. The third-order valence-electron chi connectivity index (χ3n) is 9.02. The first-order chi connectivity index (χ1) is 20.4. The fourth-order valence-electron chi connectivity index (χ4n) is 6.52. The van der Waals surface area contributed by atoms with Crippen LogP contribution in [0.5, 0.6) is 0 Å². The van der Waals surface area contributed by atoms with Gasteiger partial charge in [-0.25, -0.2) is 0 Å². The summed E-state index contributed by atoms with van der Waals surface area (Å²) in [6.07, 6.45) is 6.05. The zero-order chi connectivity index (χ0) is 29.2. The molecule has 6 heteroatoms. The van der Waals surface area contributed by atoms with Crippen LogP contribution < -0.4 is 4.90 Å². The van der Waals surface area contributed by atoms with Crippen LogP contribution in [0.1, 0.15) is 63.9 Å². The molecule has 218 valence electrons. The Labute approximate surface area is 249 Å². The van der Waals surface area contributed by atoms with Crippen LogP contribution in [0.15, 0.2) is 72.5 Å². The summed E-state index contributed by atoms with van der Waals surface area (Å²) < 4.78 is 6.32. The number of rotatable bonds is 5. The number of anilines is 1. The third kappa shape index (κ3) is 5.94.